The maximum absolute atomic E-state index is 12.3. The summed E-state index contributed by atoms with van der Waals surface area (Å²) in [6, 6.07) is 11.6. The van der Waals surface area contributed by atoms with Gasteiger partial charge in [-0.3, -0.25) is 9.52 Å². The van der Waals surface area contributed by atoms with E-state index in [2.05, 4.69) is 47.4 Å². The van der Waals surface area contributed by atoms with Gasteiger partial charge in [-0.15, -0.1) is 0 Å². The van der Waals surface area contributed by atoms with Crippen molar-refractivity contribution in [3.8, 4) is 5.75 Å². The molecule has 0 aliphatic carbocycles. The number of anilines is 1. The molecule has 1 atom stereocenters. The van der Waals surface area contributed by atoms with Crippen molar-refractivity contribution in [2.45, 2.75) is 47.6 Å². The Hall–Kier alpha value is -2.85. The first kappa shape index (κ1) is 30.4. The maximum atomic E-state index is 12.3. The third-order valence-corrected chi connectivity index (χ3v) is 6.60. The molecule has 0 saturated heterocycles. The van der Waals surface area contributed by atoms with Crippen molar-refractivity contribution in [3.05, 3.63) is 58.7 Å². The normalized spacial score (nSPS) is 12.4. The highest BCUT2D eigenvalue weighted by Gasteiger charge is 2.24. The van der Waals surface area contributed by atoms with Crippen LogP contribution in [-0.2, 0) is 32.5 Å². The van der Waals surface area contributed by atoms with Crippen LogP contribution in [0.5, 0.6) is 5.75 Å². The summed E-state index contributed by atoms with van der Waals surface area (Å²) in [6.07, 6.45) is 1.82. The number of sulfonamides is 1. The molecule has 2 aromatic carbocycles. The molecule has 2 rings (SSSR count). The number of ether oxygens (including phenoxy) is 2. The summed E-state index contributed by atoms with van der Waals surface area (Å²) in [6.45, 7) is 10.9. The van der Waals surface area contributed by atoms with Crippen molar-refractivity contribution in [1.82, 2.24) is 10.6 Å². The average molecular weight is 550 g/mol. The van der Waals surface area contributed by atoms with Crippen LogP contribution in [0.3, 0.4) is 0 Å². The van der Waals surface area contributed by atoms with Crippen LogP contribution in [-0.4, -0.2) is 46.0 Å². The molecule has 0 amide bonds. The Labute approximate surface area is 226 Å². The van der Waals surface area contributed by atoms with Crippen molar-refractivity contribution in [2.75, 3.05) is 31.2 Å². The molecule has 3 N–H and O–H groups in total. The van der Waals surface area contributed by atoms with Crippen LogP contribution < -0.4 is 20.1 Å². The second kappa shape index (κ2) is 13.1. The molecule has 204 valence electrons. The third-order valence-electron chi connectivity index (χ3n) is 5.72. The molecule has 2 aromatic rings. The molecule has 37 heavy (non-hydrogen) atoms. The molecule has 0 saturated carbocycles. The van der Waals surface area contributed by atoms with Gasteiger partial charge in [0.2, 0.25) is 10.0 Å². The molecule has 10 heteroatoms. The van der Waals surface area contributed by atoms with Crippen LogP contribution >= 0.6 is 12.2 Å². The minimum atomic E-state index is -3.42. The number of benzene rings is 2. The van der Waals surface area contributed by atoms with Gasteiger partial charge in [-0.25, -0.2) is 8.42 Å². The topological polar surface area (TPSA) is 106 Å². The third kappa shape index (κ3) is 10.6. The van der Waals surface area contributed by atoms with Crippen LogP contribution in [0, 0.1) is 25.2 Å². The van der Waals surface area contributed by atoms with E-state index in [-0.39, 0.29) is 18.5 Å². The fourth-order valence-electron chi connectivity index (χ4n) is 3.48. The fraction of sp³-hybridized carbons (Fsp3) is 0.481. The molecule has 0 aliphatic heterocycles. The van der Waals surface area contributed by atoms with Crippen LogP contribution in [0.4, 0.5) is 5.69 Å². The van der Waals surface area contributed by atoms with Crippen molar-refractivity contribution in [2.24, 2.45) is 11.3 Å². The summed E-state index contributed by atoms with van der Waals surface area (Å²) in [7, 11) is -1.94. The van der Waals surface area contributed by atoms with E-state index in [9.17, 15) is 13.2 Å². The Morgan fingerprint density at radius 3 is 2.30 bits per heavy atom. The molecule has 0 aliphatic rings. The van der Waals surface area contributed by atoms with Crippen molar-refractivity contribution < 1.29 is 22.7 Å². The lowest BCUT2D eigenvalue weighted by atomic mass is 9.96. The first-order valence-corrected chi connectivity index (χ1v) is 14.4. The largest absolute Gasteiger partial charge is 0.495 e. The van der Waals surface area contributed by atoms with E-state index in [1.807, 2.05) is 20.8 Å². The number of carbonyl (C=O) groups is 1. The second-order valence-corrected chi connectivity index (χ2v) is 12.5. The fourth-order valence-corrected chi connectivity index (χ4v) is 4.20. The van der Waals surface area contributed by atoms with Gasteiger partial charge in [0.05, 0.1) is 31.1 Å². The Morgan fingerprint density at radius 1 is 1.03 bits per heavy atom. The monoisotopic (exact) mass is 549 g/mol. The lowest BCUT2D eigenvalue weighted by Crippen LogP contribution is -2.39. The van der Waals surface area contributed by atoms with E-state index >= 15 is 0 Å². The smallest absolute Gasteiger partial charge is 0.311 e. The minimum Gasteiger partial charge on any atom is -0.495 e. The van der Waals surface area contributed by atoms with Crippen molar-refractivity contribution in [3.63, 3.8) is 0 Å². The summed E-state index contributed by atoms with van der Waals surface area (Å²) in [4.78, 5) is 12.3. The molecule has 0 spiro atoms. The summed E-state index contributed by atoms with van der Waals surface area (Å²) in [5, 5.41) is 6.86. The van der Waals surface area contributed by atoms with Gasteiger partial charge in [0.25, 0.3) is 0 Å². The lowest BCUT2D eigenvalue weighted by molar-refractivity contribution is -0.154. The van der Waals surface area contributed by atoms with Crippen molar-refractivity contribution in [1.29, 1.82) is 0 Å². The highest BCUT2D eigenvalue weighted by molar-refractivity contribution is 7.92. The molecular weight excluding hydrogens is 510 g/mol. The Morgan fingerprint density at radius 2 is 1.70 bits per heavy atom. The van der Waals surface area contributed by atoms with Crippen LogP contribution in [0.15, 0.2) is 36.4 Å². The molecule has 0 aromatic heterocycles. The van der Waals surface area contributed by atoms with Gasteiger partial charge in [0, 0.05) is 19.0 Å². The van der Waals surface area contributed by atoms with E-state index in [1.54, 1.807) is 18.2 Å². The molecular formula is C27H39N3O5S2. The number of esters is 1. The zero-order chi connectivity index (χ0) is 27.8. The van der Waals surface area contributed by atoms with Gasteiger partial charge < -0.3 is 20.1 Å². The highest BCUT2D eigenvalue weighted by atomic mass is 32.2. The zero-order valence-electron chi connectivity index (χ0n) is 22.7. The van der Waals surface area contributed by atoms with Gasteiger partial charge in [0.15, 0.2) is 5.11 Å². The molecule has 0 fully saturated rings. The van der Waals surface area contributed by atoms with E-state index in [4.69, 9.17) is 21.7 Å². The highest BCUT2D eigenvalue weighted by Crippen LogP contribution is 2.26. The average Bonchev–Trinajstić information content (AvgIpc) is 2.80. The SMILES string of the molecule is COc1cc(CNC(=S)NCC(COC(=O)C(C)(C)C)Cc2ccc(C)c(C)c2)ccc1NS(C)(=O)=O. The summed E-state index contributed by atoms with van der Waals surface area (Å²) in [5.74, 6) is 0.202. The number of hydrogen-bond acceptors (Lipinski definition) is 6. The first-order valence-electron chi connectivity index (χ1n) is 12.1. The standard InChI is InChI=1S/C27H39N3O5S2/c1-18-8-9-20(12-19(18)2)13-22(17-35-25(31)27(3,4)5)16-29-26(36)28-15-21-10-11-23(24(14-21)34-6)30-37(7,32)33/h8-12,14,22,30H,13,15-17H2,1-7H3,(H2,28,29,36). The second-order valence-electron chi connectivity index (χ2n) is 10.3. The van der Waals surface area contributed by atoms with Gasteiger partial charge in [0.1, 0.15) is 5.75 Å². The summed E-state index contributed by atoms with van der Waals surface area (Å²) >= 11 is 5.47. The minimum absolute atomic E-state index is 0.0228. The number of aryl methyl sites for hydroxylation is 2. The van der Waals surface area contributed by atoms with Gasteiger partial charge in [-0.05, 0) is 87.6 Å². The van der Waals surface area contributed by atoms with Crippen molar-refractivity contribution >= 4 is 39.0 Å². The van der Waals surface area contributed by atoms with E-state index in [0.29, 0.717) is 29.6 Å². The van der Waals surface area contributed by atoms with Gasteiger partial charge >= 0.3 is 5.97 Å². The van der Waals surface area contributed by atoms with E-state index < -0.39 is 15.4 Å². The number of thiocarbonyl (C=S) groups is 1. The van der Waals surface area contributed by atoms with Gasteiger partial charge in [-0.1, -0.05) is 24.3 Å². The molecule has 0 heterocycles. The molecule has 1 unspecified atom stereocenters. The Bertz CT molecular complexity index is 1210. The number of rotatable bonds is 11. The predicted molar refractivity (Wildman–Crippen MR) is 152 cm³/mol. The summed E-state index contributed by atoms with van der Waals surface area (Å²) < 4.78 is 36.5. The first-order chi connectivity index (χ1) is 17.2. The Kier molecular flexibility index (Phi) is 10.8. The van der Waals surface area contributed by atoms with Crippen LogP contribution in [0.1, 0.15) is 43.0 Å². The van der Waals surface area contributed by atoms with Crippen LogP contribution in [0.2, 0.25) is 0 Å². The van der Waals surface area contributed by atoms with Gasteiger partial charge in [-0.2, -0.15) is 0 Å². The van der Waals surface area contributed by atoms with Crippen LogP contribution in [0.25, 0.3) is 0 Å². The maximum Gasteiger partial charge on any atom is 0.311 e. The van der Waals surface area contributed by atoms with E-state index in [0.717, 1.165) is 18.2 Å². The lowest BCUT2D eigenvalue weighted by Gasteiger charge is -2.22. The predicted octanol–water partition coefficient (Wildman–Crippen LogP) is 4.10. The number of methoxy groups -OCH3 is 1. The summed E-state index contributed by atoms with van der Waals surface area (Å²) in [5.41, 5.74) is 4.30. The zero-order valence-corrected chi connectivity index (χ0v) is 24.4. The molecule has 8 nitrogen and oxygen atoms in total. The quantitative estimate of drug-likeness (QED) is 0.284. The van der Waals surface area contributed by atoms with E-state index in [1.165, 1.54) is 23.8 Å². The molecule has 0 radical (unpaired) electrons. The molecule has 0 bridgehead atoms. The number of carbonyl (C=O) groups excluding carboxylic acids is 1. The number of hydrogen-bond donors (Lipinski definition) is 3. The number of nitrogens with one attached hydrogen (secondary N) is 3. The Balaban J connectivity index is 1.99.